The van der Waals surface area contributed by atoms with Crippen molar-refractivity contribution in [3.8, 4) is 5.75 Å². The maximum Gasteiger partial charge on any atom is 0.334 e. The Bertz CT molecular complexity index is 1220. The largest absolute Gasteiger partial charge is 0.497 e. The minimum Gasteiger partial charge on any atom is -0.497 e. The number of ether oxygens (including phenoxy) is 1. The molecule has 4 rings (SSSR count). The number of thioether (sulfide) groups is 1. The lowest BCUT2D eigenvalue weighted by Crippen LogP contribution is -2.46. The highest BCUT2D eigenvalue weighted by molar-refractivity contribution is 7.99. The summed E-state index contributed by atoms with van der Waals surface area (Å²) in [5.74, 6) is -0.615. The summed E-state index contributed by atoms with van der Waals surface area (Å²) in [5.41, 5.74) is 4.12. The van der Waals surface area contributed by atoms with Crippen molar-refractivity contribution in [3.63, 3.8) is 0 Å². The normalized spacial score (nSPS) is 15.5. The van der Waals surface area contributed by atoms with Gasteiger partial charge in [0.15, 0.2) is 6.10 Å². The summed E-state index contributed by atoms with van der Waals surface area (Å²) in [7, 11) is 1.57. The number of aryl methyl sites for hydroxylation is 1. The molecule has 0 aromatic heterocycles. The number of nitrogens with one attached hydrogen (secondary N) is 1. The molecule has 7 nitrogen and oxygen atoms in total. The number of halogens is 1. The highest BCUT2D eigenvalue weighted by Gasteiger charge is 2.29. The van der Waals surface area contributed by atoms with E-state index < -0.39 is 17.3 Å². The van der Waals surface area contributed by atoms with E-state index in [-0.39, 0.29) is 0 Å². The molecule has 1 saturated heterocycles. The molecule has 0 bridgehead atoms. The van der Waals surface area contributed by atoms with Crippen LogP contribution in [0.25, 0.3) is 0 Å². The first-order valence-corrected chi connectivity index (χ1v) is 14.4. The number of aliphatic hydroxyl groups excluding tert-OH is 1. The number of aliphatic carboxylic acids is 1. The topological polar surface area (TPSA) is 85.3 Å². The van der Waals surface area contributed by atoms with E-state index in [0.29, 0.717) is 16.3 Å². The molecule has 9 heteroatoms. The Hall–Kier alpha value is -2.91. The molecule has 39 heavy (non-hydrogen) atoms. The number of carboxylic acid groups (broad SMARTS) is 1. The molecule has 1 aliphatic rings. The van der Waals surface area contributed by atoms with Gasteiger partial charge in [0.2, 0.25) is 0 Å². The van der Waals surface area contributed by atoms with Gasteiger partial charge in [-0.1, -0.05) is 41.4 Å². The van der Waals surface area contributed by atoms with Crippen LogP contribution in [0.5, 0.6) is 5.75 Å². The Balaban J connectivity index is 1.33. The third kappa shape index (κ3) is 8.05. The second-order valence-corrected chi connectivity index (χ2v) is 11.3. The Kier molecular flexibility index (Phi) is 10.4. The number of carboxylic acids is 1. The molecule has 0 aliphatic carbocycles. The second kappa shape index (κ2) is 13.9. The lowest BCUT2D eigenvalue weighted by molar-refractivity contribution is -0.146. The van der Waals surface area contributed by atoms with E-state index in [0.717, 1.165) is 56.3 Å². The number of nitrogens with zero attached hydrogens (tertiary/aromatic N) is 2. The molecule has 3 aromatic carbocycles. The van der Waals surface area contributed by atoms with Crippen molar-refractivity contribution in [3.05, 3.63) is 82.9 Å². The SMILES string of the molecule is COc1ccc([C@H](Sc2cc(Cl)ccc2NCCCN2CCN(c3ccc(C)cc3)CC2)[C@@H](O)C(=O)O)cc1. The molecular formula is C30H36ClN3O4S. The van der Waals surface area contributed by atoms with E-state index in [4.69, 9.17) is 16.3 Å². The quantitative estimate of drug-likeness (QED) is 0.193. The van der Waals surface area contributed by atoms with Crippen molar-refractivity contribution in [1.82, 2.24) is 4.90 Å². The lowest BCUT2D eigenvalue weighted by Gasteiger charge is -2.36. The average Bonchev–Trinajstić information content (AvgIpc) is 2.95. The van der Waals surface area contributed by atoms with Gasteiger partial charge in [-0.2, -0.15) is 0 Å². The average molecular weight is 570 g/mol. The van der Waals surface area contributed by atoms with Crippen LogP contribution in [-0.2, 0) is 4.79 Å². The predicted octanol–water partition coefficient (Wildman–Crippen LogP) is 5.56. The molecule has 208 valence electrons. The summed E-state index contributed by atoms with van der Waals surface area (Å²) in [6.45, 7) is 7.98. The zero-order valence-corrected chi connectivity index (χ0v) is 23.9. The first-order valence-electron chi connectivity index (χ1n) is 13.1. The van der Waals surface area contributed by atoms with Gasteiger partial charge in [-0.3, -0.25) is 4.90 Å². The highest BCUT2D eigenvalue weighted by atomic mass is 35.5. The standard InChI is InChI=1S/C30H36ClN3O4S/c1-21-4-9-24(10-5-21)34-18-16-33(17-19-34)15-3-14-32-26-13-8-23(31)20-27(26)39-29(28(35)30(36)37)22-6-11-25(38-2)12-7-22/h4-13,20,28-29,32,35H,3,14-19H2,1-2H3,(H,36,37)/t28-,29+/m1/s1. The van der Waals surface area contributed by atoms with Gasteiger partial charge >= 0.3 is 5.97 Å². The van der Waals surface area contributed by atoms with Gasteiger partial charge in [-0.15, -0.1) is 11.8 Å². The van der Waals surface area contributed by atoms with Crippen molar-refractivity contribution in [1.29, 1.82) is 0 Å². The van der Waals surface area contributed by atoms with Gasteiger partial charge in [0.05, 0.1) is 12.4 Å². The smallest absolute Gasteiger partial charge is 0.334 e. The fourth-order valence-electron chi connectivity index (χ4n) is 4.63. The number of anilines is 2. The van der Waals surface area contributed by atoms with Gasteiger partial charge < -0.3 is 25.2 Å². The van der Waals surface area contributed by atoms with Gasteiger partial charge in [-0.25, -0.2) is 4.79 Å². The third-order valence-electron chi connectivity index (χ3n) is 6.92. The first-order chi connectivity index (χ1) is 18.8. The fourth-order valence-corrected chi connectivity index (χ4v) is 6.14. The summed E-state index contributed by atoms with van der Waals surface area (Å²) >= 11 is 7.59. The summed E-state index contributed by atoms with van der Waals surface area (Å²) in [5, 5.41) is 23.4. The second-order valence-electron chi connectivity index (χ2n) is 9.68. The molecular weight excluding hydrogens is 534 g/mol. The fraction of sp³-hybridized carbons (Fsp3) is 0.367. The predicted molar refractivity (Wildman–Crippen MR) is 160 cm³/mol. The van der Waals surface area contributed by atoms with Crippen molar-refractivity contribution < 1.29 is 19.7 Å². The Morgan fingerprint density at radius 3 is 2.38 bits per heavy atom. The zero-order chi connectivity index (χ0) is 27.8. The van der Waals surface area contributed by atoms with Gasteiger partial charge in [0.25, 0.3) is 0 Å². The van der Waals surface area contributed by atoms with Crippen LogP contribution in [0.4, 0.5) is 11.4 Å². The van der Waals surface area contributed by atoms with E-state index in [1.807, 2.05) is 18.2 Å². The van der Waals surface area contributed by atoms with Crippen LogP contribution in [0.3, 0.4) is 0 Å². The molecule has 0 unspecified atom stereocenters. The molecule has 1 fully saturated rings. The van der Waals surface area contributed by atoms with E-state index in [1.54, 1.807) is 31.4 Å². The number of methoxy groups -OCH3 is 1. The number of hydrogen-bond donors (Lipinski definition) is 3. The Morgan fingerprint density at radius 1 is 1.05 bits per heavy atom. The maximum atomic E-state index is 11.7. The number of hydrogen-bond acceptors (Lipinski definition) is 7. The monoisotopic (exact) mass is 569 g/mol. The summed E-state index contributed by atoms with van der Waals surface area (Å²) < 4.78 is 5.22. The molecule has 0 spiro atoms. The van der Waals surface area contributed by atoms with Gasteiger partial charge in [0.1, 0.15) is 5.75 Å². The van der Waals surface area contributed by atoms with E-state index in [9.17, 15) is 15.0 Å². The van der Waals surface area contributed by atoms with Crippen LogP contribution in [0.1, 0.15) is 22.8 Å². The lowest BCUT2D eigenvalue weighted by atomic mass is 10.1. The van der Waals surface area contributed by atoms with Crippen molar-refractivity contribution in [2.24, 2.45) is 0 Å². The minimum absolute atomic E-state index is 0.549. The molecule has 0 amide bonds. The number of benzene rings is 3. The van der Waals surface area contributed by atoms with Crippen molar-refractivity contribution in [2.45, 2.75) is 29.6 Å². The molecule has 3 N–H and O–H groups in total. The summed E-state index contributed by atoms with van der Waals surface area (Å²) in [6, 6.07) is 21.3. The van der Waals surface area contributed by atoms with E-state index in [1.165, 1.54) is 23.0 Å². The first kappa shape index (κ1) is 29.1. The van der Waals surface area contributed by atoms with E-state index >= 15 is 0 Å². The van der Waals surface area contributed by atoms with Crippen LogP contribution < -0.4 is 15.0 Å². The van der Waals surface area contributed by atoms with Crippen LogP contribution in [-0.4, -0.2) is 73.6 Å². The van der Waals surface area contributed by atoms with Crippen LogP contribution in [0.2, 0.25) is 5.02 Å². The maximum absolute atomic E-state index is 11.7. The van der Waals surface area contributed by atoms with Gasteiger partial charge in [-0.05, 0) is 67.9 Å². The minimum atomic E-state index is -1.59. The molecule has 1 aliphatic heterocycles. The molecule has 0 saturated carbocycles. The Morgan fingerprint density at radius 2 is 1.74 bits per heavy atom. The zero-order valence-electron chi connectivity index (χ0n) is 22.3. The molecule has 2 atom stereocenters. The van der Waals surface area contributed by atoms with Gasteiger partial charge in [0, 0.05) is 54.0 Å². The third-order valence-corrected chi connectivity index (χ3v) is 8.53. The number of rotatable bonds is 12. The Labute approximate surface area is 239 Å². The van der Waals surface area contributed by atoms with Crippen LogP contribution in [0.15, 0.2) is 71.6 Å². The van der Waals surface area contributed by atoms with Crippen LogP contribution in [0, 0.1) is 6.92 Å². The van der Waals surface area contributed by atoms with Crippen molar-refractivity contribution in [2.75, 3.05) is 56.6 Å². The molecule has 3 aromatic rings. The van der Waals surface area contributed by atoms with Crippen LogP contribution >= 0.6 is 23.4 Å². The van der Waals surface area contributed by atoms with Crippen molar-refractivity contribution >= 4 is 40.7 Å². The number of piperazine rings is 1. The highest BCUT2D eigenvalue weighted by Crippen LogP contribution is 2.42. The number of carbonyl (C=O) groups is 1. The summed E-state index contributed by atoms with van der Waals surface area (Å²) in [4.78, 5) is 17.4. The molecule has 1 heterocycles. The summed E-state index contributed by atoms with van der Waals surface area (Å²) in [6.07, 6.45) is -0.620. The van der Waals surface area contributed by atoms with E-state index in [2.05, 4.69) is 46.3 Å². The number of aliphatic hydroxyl groups is 1. The molecule has 0 radical (unpaired) electrons.